The fourth-order valence-corrected chi connectivity index (χ4v) is 2.20. The molecule has 4 nitrogen and oxygen atoms in total. The van der Waals surface area contributed by atoms with Crippen LogP contribution in [-0.4, -0.2) is 23.2 Å². The van der Waals surface area contributed by atoms with E-state index in [2.05, 4.69) is 15.5 Å². The van der Waals surface area contributed by atoms with E-state index in [1.54, 1.807) is 0 Å². The summed E-state index contributed by atoms with van der Waals surface area (Å²) < 4.78 is 4.92. The van der Waals surface area contributed by atoms with Gasteiger partial charge < -0.3 is 9.84 Å². The molecule has 1 saturated carbocycles. The highest BCUT2D eigenvalue weighted by Gasteiger charge is 2.12. The van der Waals surface area contributed by atoms with Crippen LogP contribution in [0.2, 0.25) is 0 Å². The number of hydrogen-bond acceptors (Lipinski definition) is 4. The summed E-state index contributed by atoms with van der Waals surface area (Å²) in [6.45, 7) is 2.09. The largest absolute Gasteiger partial charge is 0.340 e. The first-order valence-electron chi connectivity index (χ1n) is 5.91. The van der Waals surface area contributed by atoms with E-state index in [4.69, 9.17) is 4.52 Å². The summed E-state index contributed by atoms with van der Waals surface area (Å²) in [6.07, 6.45) is 9.34. The lowest BCUT2D eigenvalue weighted by molar-refractivity contribution is 0.336. The number of nitrogens with zero attached hydrogens (tertiary/aromatic N) is 2. The van der Waals surface area contributed by atoms with E-state index >= 15 is 0 Å². The minimum absolute atomic E-state index is 0.728. The summed E-state index contributed by atoms with van der Waals surface area (Å²) in [5.41, 5.74) is 0. The molecule has 0 saturated heterocycles. The van der Waals surface area contributed by atoms with Gasteiger partial charge in [-0.25, -0.2) is 0 Å². The fraction of sp³-hybridized carbons (Fsp3) is 0.818. The Balaban J connectivity index is 1.54. The van der Waals surface area contributed by atoms with Gasteiger partial charge in [-0.3, -0.25) is 0 Å². The monoisotopic (exact) mass is 209 g/mol. The summed E-state index contributed by atoms with van der Waals surface area (Å²) in [6, 6.07) is 0. The standard InChI is InChI=1S/C11H19N3O/c1-2-4-10(5-3-1)8-12-7-6-11-13-9-14-15-11/h9-10,12H,1-8H2. The van der Waals surface area contributed by atoms with Crippen molar-refractivity contribution >= 4 is 0 Å². The third kappa shape index (κ3) is 3.63. The first-order valence-corrected chi connectivity index (χ1v) is 5.91. The van der Waals surface area contributed by atoms with Gasteiger partial charge in [0.05, 0.1) is 0 Å². The molecule has 1 aliphatic carbocycles. The number of rotatable bonds is 5. The van der Waals surface area contributed by atoms with Crippen molar-refractivity contribution in [1.82, 2.24) is 15.5 Å². The van der Waals surface area contributed by atoms with Crippen LogP contribution < -0.4 is 5.32 Å². The molecule has 1 N–H and O–H groups in total. The maximum Gasteiger partial charge on any atom is 0.227 e. The average Bonchev–Trinajstić information content (AvgIpc) is 2.79. The van der Waals surface area contributed by atoms with Gasteiger partial charge in [-0.15, -0.1) is 0 Å². The second kappa shape index (κ2) is 5.85. The summed E-state index contributed by atoms with van der Waals surface area (Å²) >= 11 is 0. The Morgan fingerprint density at radius 3 is 2.93 bits per heavy atom. The van der Waals surface area contributed by atoms with Gasteiger partial charge in [0.25, 0.3) is 0 Å². The molecule has 0 atom stereocenters. The molecule has 0 radical (unpaired) electrons. The Labute approximate surface area is 90.4 Å². The molecule has 0 amide bonds. The van der Waals surface area contributed by atoms with E-state index in [1.165, 1.54) is 38.4 Å². The van der Waals surface area contributed by atoms with Crippen LogP contribution in [0.3, 0.4) is 0 Å². The quantitative estimate of drug-likeness (QED) is 0.751. The molecule has 15 heavy (non-hydrogen) atoms. The van der Waals surface area contributed by atoms with Crippen LogP contribution in [-0.2, 0) is 6.42 Å². The minimum Gasteiger partial charge on any atom is -0.340 e. The Kier molecular flexibility index (Phi) is 4.14. The number of hydrogen-bond donors (Lipinski definition) is 1. The van der Waals surface area contributed by atoms with Gasteiger partial charge >= 0.3 is 0 Å². The molecule has 0 aliphatic heterocycles. The smallest absolute Gasteiger partial charge is 0.227 e. The molecule has 4 heteroatoms. The second-order valence-corrected chi connectivity index (χ2v) is 4.29. The van der Waals surface area contributed by atoms with Crippen LogP contribution in [0.25, 0.3) is 0 Å². The lowest BCUT2D eigenvalue weighted by Crippen LogP contribution is -2.26. The van der Waals surface area contributed by atoms with E-state index in [9.17, 15) is 0 Å². The first-order chi connectivity index (χ1) is 7.45. The molecular formula is C11H19N3O. The minimum atomic E-state index is 0.728. The van der Waals surface area contributed by atoms with E-state index < -0.39 is 0 Å². The zero-order valence-corrected chi connectivity index (χ0v) is 9.11. The molecule has 1 fully saturated rings. The molecule has 0 aromatic carbocycles. The summed E-state index contributed by atoms with van der Waals surface area (Å²) in [5.74, 6) is 1.62. The van der Waals surface area contributed by atoms with Crippen molar-refractivity contribution in [3.63, 3.8) is 0 Å². The highest BCUT2D eigenvalue weighted by atomic mass is 16.5. The molecular weight excluding hydrogens is 190 g/mol. The van der Waals surface area contributed by atoms with Gasteiger partial charge in [0.1, 0.15) is 0 Å². The molecule has 1 heterocycles. The highest BCUT2D eigenvalue weighted by Crippen LogP contribution is 2.22. The Morgan fingerprint density at radius 2 is 2.20 bits per heavy atom. The van der Waals surface area contributed by atoms with Crippen molar-refractivity contribution in [1.29, 1.82) is 0 Å². The van der Waals surface area contributed by atoms with Crippen molar-refractivity contribution in [3.05, 3.63) is 12.2 Å². The first kappa shape index (κ1) is 10.6. The molecule has 0 spiro atoms. The molecule has 0 unspecified atom stereocenters. The molecule has 2 rings (SSSR count). The van der Waals surface area contributed by atoms with E-state index in [0.29, 0.717) is 0 Å². The topological polar surface area (TPSA) is 51.0 Å². The highest BCUT2D eigenvalue weighted by molar-refractivity contribution is 4.76. The zero-order valence-electron chi connectivity index (χ0n) is 9.11. The fourth-order valence-electron chi connectivity index (χ4n) is 2.20. The Bertz CT molecular complexity index is 255. The van der Waals surface area contributed by atoms with Crippen molar-refractivity contribution in [3.8, 4) is 0 Å². The van der Waals surface area contributed by atoms with Gasteiger partial charge in [0.2, 0.25) is 5.89 Å². The third-order valence-corrected chi connectivity index (χ3v) is 3.08. The average molecular weight is 209 g/mol. The van der Waals surface area contributed by atoms with E-state index in [1.807, 2.05) is 0 Å². The van der Waals surface area contributed by atoms with E-state index in [0.717, 1.165) is 31.3 Å². The van der Waals surface area contributed by atoms with Crippen LogP contribution in [0, 0.1) is 5.92 Å². The molecule has 0 bridgehead atoms. The maximum atomic E-state index is 4.92. The van der Waals surface area contributed by atoms with Gasteiger partial charge in [-0.1, -0.05) is 24.4 Å². The van der Waals surface area contributed by atoms with Crippen LogP contribution in [0.15, 0.2) is 10.9 Å². The predicted molar refractivity (Wildman–Crippen MR) is 57.4 cm³/mol. The lowest BCUT2D eigenvalue weighted by atomic mass is 9.89. The summed E-state index contributed by atoms with van der Waals surface area (Å²) in [7, 11) is 0. The zero-order chi connectivity index (χ0) is 10.3. The van der Waals surface area contributed by atoms with Crippen LogP contribution in [0.4, 0.5) is 0 Å². The summed E-state index contributed by atoms with van der Waals surface area (Å²) in [5, 5.41) is 7.04. The normalized spacial score (nSPS) is 18.1. The molecule has 84 valence electrons. The second-order valence-electron chi connectivity index (χ2n) is 4.29. The maximum absolute atomic E-state index is 4.92. The van der Waals surface area contributed by atoms with Crippen molar-refractivity contribution < 1.29 is 4.52 Å². The van der Waals surface area contributed by atoms with Crippen molar-refractivity contribution in [2.24, 2.45) is 5.92 Å². The third-order valence-electron chi connectivity index (χ3n) is 3.08. The predicted octanol–water partition coefficient (Wildman–Crippen LogP) is 1.78. The van der Waals surface area contributed by atoms with Gasteiger partial charge in [-0.05, 0) is 25.3 Å². The van der Waals surface area contributed by atoms with E-state index in [-0.39, 0.29) is 0 Å². The SMILES string of the molecule is c1noc(CCNCC2CCCCC2)n1. The number of aromatic nitrogens is 2. The van der Waals surface area contributed by atoms with Gasteiger partial charge in [0.15, 0.2) is 6.33 Å². The lowest BCUT2D eigenvalue weighted by Gasteiger charge is -2.21. The Morgan fingerprint density at radius 1 is 1.33 bits per heavy atom. The van der Waals surface area contributed by atoms with Crippen LogP contribution >= 0.6 is 0 Å². The molecule has 1 aromatic heterocycles. The molecule has 1 aliphatic rings. The summed E-state index contributed by atoms with van der Waals surface area (Å²) in [4.78, 5) is 3.98. The van der Waals surface area contributed by atoms with Crippen molar-refractivity contribution in [2.75, 3.05) is 13.1 Å². The van der Waals surface area contributed by atoms with Gasteiger partial charge in [-0.2, -0.15) is 4.98 Å². The Hall–Kier alpha value is -0.900. The van der Waals surface area contributed by atoms with Crippen LogP contribution in [0.5, 0.6) is 0 Å². The van der Waals surface area contributed by atoms with Crippen LogP contribution in [0.1, 0.15) is 38.0 Å². The van der Waals surface area contributed by atoms with Crippen molar-refractivity contribution in [2.45, 2.75) is 38.5 Å². The molecule has 1 aromatic rings. The number of nitrogens with one attached hydrogen (secondary N) is 1. The van der Waals surface area contributed by atoms with Gasteiger partial charge in [0, 0.05) is 13.0 Å².